The number of allylic oxidation sites excluding steroid dienone is 4. The number of nitrogens with zero attached hydrogens (tertiary/aromatic N) is 1. The summed E-state index contributed by atoms with van der Waals surface area (Å²) in [7, 11) is -3.31. The van der Waals surface area contributed by atoms with Crippen LogP contribution < -0.4 is 5.32 Å². The highest BCUT2D eigenvalue weighted by Crippen LogP contribution is 2.46. The topological polar surface area (TPSA) is 76.1 Å². The third-order valence-electron chi connectivity index (χ3n) is 5.44. The van der Waals surface area contributed by atoms with Gasteiger partial charge in [0.05, 0.1) is 5.25 Å². The summed E-state index contributed by atoms with van der Waals surface area (Å²) in [6, 6.07) is 15.3. The molecule has 2 atom stereocenters. The molecule has 1 aromatic heterocycles. The Labute approximate surface area is 184 Å². The monoisotopic (exact) mass is 434 g/mol. The van der Waals surface area contributed by atoms with Crippen molar-refractivity contribution in [3.8, 4) is 12.0 Å². The maximum Gasteiger partial charge on any atom is 0.262 e. The molecular formula is C25H26N2O3S. The van der Waals surface area contributed by atoms with Crippen LogP contribution in [0, 0.1) is 17.4 Å². The van der Waals surface area contributed by atoms with Crippen LogP contribution in [0.25, 0.3) is 0 Å². The van der Waals surface area contributed by atoms with Crippen molar-refractivity contribution in [2.24, 2.45) is 5.41 Å². The summed E-state index contributed by atoms with van der Waals surface area (Å²) in [6.07, 6.45) is 10.2. The Balaban J connectivity index is 1.68. The van der Waals surface area contributed by atoms with E-state index in [9.17, 15) is 13.2 Å². The minimum atomic E-state index is -3.31. The van der Waals surface area contributed by atoms with Gasteiger partial charge in [0.1, 0.15) is 0 Å². The molecule has 0 saturated heterocycles. The molecule has 6 heteroatoms. The van der Waals surface area contributed by atoms with Gasteiger partial charge in [-0.05, 0) is 29.7 Å². The standard InChI is InChI=1S/C25H26N2O3S/c1-3-31(29,30)23(21-9-5-4-6-10-21)25(2)15-11-20(12-16-25)8-7-17-27-24(28)22-13-18-26-19-14-22/h4-6,9-15,18-19,23H,3,8,16H2,1-2H3,(H,27,28). The molecule has 1 aliphatic rings. The molecule has 1 N–H and O–H groups in total. The van der Waals surface area contributed by atoms with Crippen molar-refractivity contribution in [2.45, 2.75) is 31.9 Å². The van der Waals surface area contributed by atoms with Gasteiger partial charge in [0.25, 0.3) is 5.91 Å². The molecule has 2 aromatic rings. The number of amides is 1. The molecule has 1 aromatic carbocycles. The number of nitrogens with one attached hydrogen (secondary N) is 1. The first kappa shape index (κ1) is 22.5. The fourth-order valence-corrected chi connectivity index (χ4v) is 5.63. The largest absolute Gasteiger partial charge is 0.281 e. The highest BCUT2D eigenvalue weighted by molar-refractivity contribution is 7.91. The lowest BCUT2D eigenvalue weighted by molar-refractivity contribution is 0.0973. The van der Waals surface area contributed by atoms with Crippen molar-refractivity contribution >= 4 is 15.7 Å². The molecule has 5 nitrogen and oxygen atoms in total. The Morgan fingerprint density at radius 3 is 2.52 bits per heavy atom. The number of rotatable bonds is 6. The first-order valence-electron chi connectivity index (χ1n) is 10.2. The molecule has 0 saturated carbocycles. The van der Waals surface area contributed by atoms with Gasteiger partial charge < -0.3 is 0 Å². The average molecular weight is 435 g/mol. The van der Waals surface area contributed by atoms with Crippen molar-refractivity contribution in [1.82, 2.24) is 10.3 Å². The zero-order valence-corrected chi connectivity index (χ0v) is 18.5. The summed E-state index contributed by atoms with van der Waals surface area (Å²) >= 11 is 0. The van der Waals surface area contributed by atoms with Crippen LogP contribution in [0.5, 0.6) is 0 Å². The molecule has 0 aliphatic heterocycles. The molecule has 0 radical (unpaired) electrons. The normalized spacial score (nSPS) is 19.0. The van der Waals surface area contributed by atoms with Crippen molar-refractivity contribution in [3.05, 3.63) is 89.8 Å². The summed E-state index contributed by atoms with van der Waals surface area (Å²) in [6.45, 7) is 3.68. The van der Waals surface area contributed by atoms with E-state index < -0.39 is 20.5 Å². The Morgan fingerprint density at radius 2 is 1.90 bits per heavy atom. The SMILES string of the molecule is CCS(=O)(=O)C(c1ccccc1)C1(C)C=CC(CC#CNC(=O)c2ccncc2)=CC1. The molecular weight excluding hydrogens is 408 g/mol. The van der Waals surface area contributed by atoms with E-state index in [1.165, 1.54) is 0 Å². The van der Waals surface area contributed by atoms with E-state index in [4.69, 9.17) is 0 Å². The van der Waals surface area contributed by atoms with Gasteiger partial charge >= 0.3 is 0 Å². The molecule has 31 heavy (non-hydrogen) atoms. The number of carbonyl (C=O) groups excluding carboxylic acids is 1. The number of pyridine rings is 1. The van der Waals surface area contributed by atoms with Crippen molar-refractivity contribution in [3.63, 3.8) is 0 Å². The highest BCUT2D eigenvalue weighted by atomic mass is 32.2. The number of sulfone groups is 1. The lowest BCUT2D eigenvalue weighted by Gasteiger charge is -2.36. The van der Waals surface area contributed by atoms with Crippen LogP contribution in [0.4, 0.5) is 0 Å². The second-order valence-electron chi connectivity index (χ2n) is 7.73. The zero-order valence-electron chi connectivity index (χ0n) is 17.7. The quantitative estimate of drug-likeness (QED) is 0.545. The third-order valence-corrected chi connectivity index (χ3v) is 7.78. The van der Waals surface area contributed by atoms with Gasteiger partial charge in [0.2, 0.25) is 0 Å². The predicted octanol–water partition coefficient (Wildman–Crippen LogP) is 4.23. The average Bonchev–Trinajstić information content (AvgIpc) is 2.79. The summed E-state index contributed by atoms with van der Waals surface area (Å²) in [5, 5.41) is 1.96. The summed E-state index contributed by atoms with van der Waals surface area (Å²) < 4.78 is 25.9. The Hall–Kier alpha value is -3.17. The zero-order chi connectivity index (χ0) is 22.3. The van der Waals surface area contributed by atoms with Crippen LogP contribution >= 0.6 is 0 Å². The lowest BCUT2D eigenvalue weighted by Crippen LogP contribution is -2.32. The molecule has 1 aliphatic carbocycles. The first-order valence-corrected chi connectivity index (χ1v) is 11.9. The van der Waals surface area contributed by atoms with E-state index in [-0.39, 0.29) is 11.7 Å². The molecule has 0 bridgehead atoms. The third kappa shape index (κ3) is 5.50. The molecule has 160 valence electrons. The number of benzene rings is 1. The predicted molar refractivity (Wildman–Crippen MR) is 123 cm³/mol. The maximum atomic E-state index is 13.0. The fourth-order valence-electron chi connectivity index (χ4n) is 3.73. The molecule has 0 fully saturated rings. The van der Waals surface area contributed by atoms with Gasteiger partial charge in [0.15, 0.2) is 9.84 Å². The molecule has 2 unspecified atom stereocenters. The molecule has 1 heterocycles. The Kier molecular flexibility index (Phi) is 7.09. The van der Waals surface area contributed by atoms with Gasteiger partial charge in [-0.1, -0.05) is 68.3 Å². The van der Waals surface area contributed by atoms with Crippen LogP contribution in [0.3, 0.4) is 0 Å². The van der Waals surface area contributed by atoms with Gasteiger partial charge in [-0.25, -0.2) is 8.42 Å². The first-order chi connectivity index (χ1) is 14.9. The van der Waals surface area contributed by atoms with E-state index in [0.717, 1.165) is 11.1 Å². The van der Waals surface area contributed by atoms with E-state index in [2.05, 4.69) is 22.3 Å². The smallest absolute Gasteiger partial charge is 0.262 e. The molecule has 3 rings (SSSR count). The second-order valence-corrected chi connectivity index (χ2v) is 10.1. The van der Waals surface area contributed by atoms with Gasteiger partial charge in [-0.2, -0.15) is 0 Å². The van der Waals surface area contributed by atoms with Gasteiger partial charge in [-0.15, -0.1) is 0 Å². The van der Waals surface area contributed by atoms with Crippen molar-refractivity contribution in [1.29, 1.82) is 0 Å². The van der Waals surface area contributed by atoms with Gasteiger partial charge in [-0.3, -0.25) is 15.1 Å². The van der Waals surface area contributed by atoms with Crippen molar-refractivity contribution in [2.75, 3.05) is 5.75 Å². The Morgan fingerprint density at radius 1 is 1.19 bits per heavy atom. The highest BCUT2D eigenvalue weighted by Gasteiger charge is 2.41. The van der Waals surface area contributed by atoms with Crippen LogP contribution in [0.15, 0.2) is 78.7 Å². The van der Waals surface area contributed by atoms with Crippen LogP contribution in [0.1, 0.15) is 47.9 Å². The summed E-state index contributed by atoms with van der Waals surface area (Å²) in [5.41, 5.74) is 1.78. The summed E-state index contributed by atoms with van der Waals surface area (Å²) in [5.74, 6) is 2.77. The second kappa shape index (κ2) is 9.76. The number of carbonyl (C=O) groups is 1. The Bertz CT molecular complexity index is 1140. The number of hydrogen-bond donors (Lipinski definition) is 1. The minimum Gasteiger partial charge on any atom is -0.281 e. The molecule has 1 amide bonds. The van der Waals surface area contributed by atoms with E-state index >= 15 is 0 Å². The number of hydrogen-bond acceptors (Lipinski definition) is 4. The lowest BCUT2D eigenvalue weighted by atomic mass is 9.76. The number of aromatic nitrogens is 1. The van der Waals surface area contributed by atoms with Crippen molar-refractivity contribution < 1.29 is 13.2 Å². The van der Waals surface area contributed by atoms with Crippen LogP contribution in [-0.2, 0) is 9.84 Å². The van der Waals surface area contributed by atoms with Gasteiger partial charge in [0, 0.05) is 41.6 Å². The van der Waals surface area contributed by atoms with E-state index in [1.54, 1.807) is 31.5 Å². The summed E-state index contributed by atoms with van der Waals surface area (Å²) in [4.78, 5) is 15.9. The van der Waals surface area contributed by atoms with Crippen LogP contribution in [-0.4, -0.2) is 25.1 Å². The van der Waals surface area contributed by atoms with E-state index in [1.807, 2.05) is 55.5 Å². The molecule has 0 spiro atoms. The van der Waals surface area contributed by atoms with E-state index in [0.29, 0.717) is 18.4 Å². The fraction of sp³-hybridized carbons (Fsp3) is 0.280. The maximum absolute atomic E-state index is 13.0. The van der Waals surface area contributed by atoms with Crippen LogP contribution in [0.2, 0.25) is 0 Å². The minimum absolute atomic E-state index is 0.0925.